The fraction of sp³-hybridized carbons (Fsp3) is 0.438. The SMILES string of the molecule is COC(=O)c1cc(CN2CCC(n3cc(C(=O)O)nn3)C2)cs1.O=C(O)C(F)(F)F. The predicted octanol–water partition coefficient (Wildman–Crippen LogP) is 1.90. The van der Waals surface area contributed by atoms with E-state index < -0.39 is 18.1 Å². The number of rotatable bonds is 5. The van der Waals surface area contributed by atoms with Gasteiger partial charge in [-0.25, -0.2) is 19.1 Å². The summed E-state index contributed by atoms with van der Waals surface area (Å²) in [5.41, 5.74) is 1.03. The van der Waals surface area contributed by atoms with Crippen LogP contribution in [0.2, 0.25) is 0 Å². The van der Waals surface area contributed by atoms with Crippen molar-refractivity contribution in [2.24, 2.45) is 0 Å². The number of ether oxygens (including phenoxy) is 1. The zero-order valence-electron chi connectivity index (χ0n) is 15.5. The fourth-order valence-corrected chi connectivity index (χ4v) is 3.47. The third-order valence-electron chi connectivity index (χ3n) is 4.04. The molecule has 0 aliphatic carbocycles. The number of halogens is 3. The van der Waals surface area contributed by atoms with Gasteiger partial charge in [-0.15, -0.1) is 16.4 Å². The normalized spacial score (nSPS) is 16.6. The maximum absolute atomic E-state index is 11.5. The Balaban J connectivity index is 0.000000396. The summed E-state index contributed by atoms with van der Waals surface area (Å²) in [6.45, 7) is 2.40. The van der Waals surface area contributed by atoms with E-state index in [4.69, 9.17) is 19.7 Å². The molecule has 0 amide bonds. The molecule has 1 atom stereocenters. The fourth-order valence-electron chi connectivity index (χ4n) is 2.65. The van der Waals surface area contributed by atoms with Crippen LogP contribution in [0.25, 0.3) is 0 Å². The van der Waals surface area contributed by atoms with Gasteiger partial charge < -0.3 is 14.9 Å². The van der Waals surface area contributed by atoms with Crippen molar-refractivity contribution in [3.05, 3.63) is 33.8 Å². The molecule has 1 saturated heterocycles. The Kier molecular flexibility index (Phi) is 7.50. The van der Waals surface area contributed by atoms with Crippen LogP contribution >= 0.6 is 11.3 Å². The summed E-state index contributed by atoms with van der Waals surface area (Å²) in [5.74, 6) is -4.14. The van der Waals surface area contributed by atoms with Gasteiger partial charge in [-0.05, 0) is 23.4 Å². The minimum Gasteiger partial charge on any atom is -0.476 e. The third-order valence-corrected chi connectivity index (χ3v) is 5.00. The summed E-state index contributed by atoms with van der Waals surface area (Å²) in [5, 5.41) is 25.5. The maximum Gasteiger partial charge on any atom is 0.490 e. The lowest BCUT2D eigenvalue weighted by atomic mass is 10.3. The number of nitrogens with zero attached hydrogens (tertiary/aromatic N) is 4. The van der Waals surface area contributed by atoms with Crippen LogP contribution in [-0.4, -0.2) is 74.4 Å². The highest BCUT2D eigenvalue weighted by Gasteiger charge is 2.38. The number of aromatic nitrogens is 3. The summed E-state index contributed by atoms with van der Waals surface area (Å²) in [7, 11) is 1.37. The van der Waals surface area contributed by atoms with Gasteiger partial charge >= 0.3 is 24.1 Å². The van der Waals surface area contributed by atoms with Crippen molar-refractivity contribution < 1.29 is 42.5 Å². The molecule has 1 fully saturated rings. The zero-order chi connectivity index (χ0) is 22.5. The average Bonchev–Trinajstić information content (AvgIpc) is 3.41. The molecule has 3 heterocycles. The first-order valence-electron chi connectivity index (χ1n) is 8.34. The van der Waals surface area contributed by atoms with E-state index in [-0.39, 0.29) is 17.7 Å². The number of thiophene rings is 1. The lowest BCUT2D eigenvalue weighted by Crippen LogP contribution is -2.21. The van der Waals surface area contributed by atoms with Crippen molar-refractivity contribution in [1.29, 1.82) is 0 Å². The van der Waals surface area contributed by atoms with Gasteiger partial charge in [0.25, 0.3) is 0 Å². The second-order valence-corrected chi connectivity index (χ2v) is 7.09. The molecule has 14 heteroatoms. The summed E-state index contributed by atoms with van der Waals surface area (Å²) >= 11 is 1.38. The van der Waals surface area contributed by atoms with Gasteiger partial charge in [0, 0.05) is 19.6 Å². The van der Waals surface area contributed by atoms with Crippen molar-refractivity contribution in [2.45, 2.75) is 25.2 Å². The number of alkyl halides is 3. The van der Waals surface area contributed by atoms with Gasteiger partial charge in [-0.2, -0.15) is 13.2 Å². The van der Waals surface area contributed by atoms with Crippen molar-refractivity contribution >= 4 is 29.2 Å². The number of carboxylic acid groups (broad SMARTS) is 2. The molecule has 2 N–H and O–H groups in total. The van der Waals surface area contributed by atoms with Gasteiger partial charge in [0.15, 0.2) is 5.69 Å². The molecule has 3 rings (SSSR count). The molecule has 2 aromatic rings. The van der Waals surface area contributed by atoms with Crippen LogP contribution in [0, 0.1) is 0 Å². The van der Waals surface area contributed by atoms with E-state index in [1.165, 1.54) is 24.6 Å². The molecule has 10 nitrogen and oxygen atoms in total. The van der Waals surface area contributed by atoms with E-state index in [9.17, 15) is 22.8 Å². The number of carbonyl (C=O) groups excluding carboxylic acids is 1. The number of carboxylic acids is 2. The van der Waals surface area contributed by atoms with Crippen molar-refractivity contribution in [3.63, 3.8) is 0 Å². The lowest BCUT2D eigenvalue weighted by Gasteiger charge is -2.14. The number of likely N-dealkylation sites (tertiary alicyclic amines) is 1. The monoisotopic (exact) mass is 450 g/mol. The van der Waals surface area contributed by atoms with Crippen LogP contribution in [0.15, 0.2) is 17.6 Å². The highest BCUT2D eigenvalue weighted by Crippen LogP contribution is 2.24. The molecule has 30 heavy (non-hydrogen) atoms. The highest BCUT2D eigenvalue weighted by molar-refractivity contribution is 7.12. The van der Waals surface area contributed by atoms with Crippen molar-refractivity contribution in [2.75, 3.05) is 20.2 Å². The van der Waals surface area contributed by atoms with Gasteiger partial charge in [0.1, 0.15) is 4.88 Å². The van der Waals surface area contributed by atoms with Crippen molar-refractivity contribution in [3.8, 4) is 0 Å². The Morgan fingerprint density at radius 2 is 2.00 bits per heavy atom. The molecule has 164 valence electrons. The quantitative estimate of drug-likeness (QED) is 0.655. The summed E-state index contributed by atoms with van der Waals surface area (Å²) in [6, 6.07) is 1.97. The first-order chi connectivity index (χ1) is 14.0. The Labute approximate surface area is 171 Å². The average molecular weight is 450 g/mol. The topological polar surface area (TPSA) is 135 Å². The van der Waals surface area contributed by atoms with Gasteiger partial charge in [0.2, 0.25) is 0 Å². The number of hydrogen-bond acceptors (Lipinski definition) is 8. The summed E-state index contributed by atoms with van der Waals surface area (Å²) in [4.78, 5) is 34.1. The van der Waals surface area contributed by atoms with Gasteiger partial charge in [-0.3, -0.25) is 4.90 Å². The Morgan fingerprint density at radius 1 is 1.33 bits per heavy atom. The molecule has 0 radical (unpaired) electrons. The first kappa shape index (κ1) is 23.3. The van der Waals surface area contributed by atoms with E-state index in [0.717, 1.165) is 31.6 Å². The zero-order valence-corrected chi connectivity index (χ0v) is 16.3. The molecular formula is C16H17F3N4O6S. The Morgan fingerprint density at radius 3 is 2.53 bits per heavy atom. The summed E-state index contributed by atoms with van der Waals surface area (Å²) < 4.78 is 38.1. The number of aromatic carboxylic acids is 1. The smallest absolute Gasteiger partial charge is 0.476 e. The van der Waals surface area contributed by atoms with E-state index >= 15 is 0 Å². The van der Waals surface area contributed by atoms with Crippen LogP contribution in [0.5, 0.6) is 0 Å². The number of esters is 1. The minimum atomic E-state index is -5.08. The number of aliphatic carboxylic acids is 1. The molecule has 2 aromatic heterocycles. The Hall–Kier alpha value is -3.00. The third kappa shape index (κ3) is 6.25. The molecule has 0 aromatic carbocycles. The highest BCUT2D eigenvalue weighted by atomic mass is 32.1. The molecular weight excluding hydrogens is 433 g/mol. The molecule has 1 unspecified atom stereocenters. The van der Waals surface area contributed by atoms with Crippen LogP contribution in [-0.2, 0) is 16.1 Å². The lowest BCUT2D eigenvalue weighted by molar-refractivity contribution is -0.192. The largest absolute Gasteiger partial charge is 0.490 e. The number of methoxy groups -OCH3 is 1. The molecule has 1 aliphatic rings. The molecule has 0 saturated carbocycles. The van der Waals surface area contributed by atoms with Crippen LogP contribution in [0.1, 0.15) is 38.2 Å². The van der Waals surface area contributed by atoms with Gasteiger partial charge in [-0.1, -0.05) is 5.21 Å². The predicted molar refractivity (Wildman–Crippen MR) is 95.3 cm³/mol. The second kappa shape index (κ2) is 9.67. The second-order valence-electron chi connectivity index (χ2n) is 6.18. The van der Waals surface area contributed by atoms with Gasteiger partial charge in [0.05, 0.1) is 19.3 Å². The minimum absolute atomic E-state index is 0.0380. The van der Waals surface area contributed by atoms with E-state index in [2.05, 4.69) is 15.2 Å². The molecule has 1 aliphatic heterocycles. The van der Waals surface area contributed by atoms with Crippen LogP contribution < -0.4 is 0 Å². The van der Waals surface area contributed by atoms with Crippen LogP contribution in [0.4, 0.5) is 13.2 Å². The molecule has 0 spiro atoms. The van der Waals surface area contributed by atoms with E-state index in [0.29, 0.717) is 4.88 Å². The Bertz CT molecular complexity index is 913. The first-order valence-corrected chi connectivity index (χ1v) is 9.22. The summed E-state index contributed by atoms with van der Waals surface area (Å²) in [6.07, 6.45) is -2.73. The van der Waals surface area contributed by atoms with Crippen LogP contribution in [0.3, 0.4) is 0 Å². The standard InChI is InChI=1S/C14H16N4O4S.C2HF3O2/c1-22-14(21)12-4-9(8-23-12)5-17-3-2-10(6-17)18-7-11(13(19)20)15-16-18;3-2(4,5)1(6)7/h4,7-8,10H,2-3,5-6H2,1H3,(H,19,20);(H,6,7). The number of hydrogen-bond donors (Lipinski definition) is 2. The number of carbonyl (C=O) groups is 3. The maximum atomic E-state index is 11.5. The molecule has 0 bridgehead atoms. The van der Waals surface area contributed by atoms with Crippen molar-refractivity contribution in [1.82, 2.24) is 19.9 Å². The van der Waals surface area contributed by atoms with E-state index in [1.54, 1.807) is 4.68 Å². The van der Waals surface area contributed by atoms with E-state index in [1.807, 2.05) is 11.4 Å².